The van der Waals surface area contributed by atoms with Crippen molar-refractivity contribution < 1.29 is 23.9 Å². The molecule has 2 fully saturated rings. The Balaban J connectivity index is 1.39. The molecule has 2 aromatic carbocycles. The zero-order valence-electron chi connectivity index (χ0n) is 20.5. The number of ether oxygens (including phenoxy) is 2. The summed E-state index contributed by atoms with van der Waals surface area (Å²) in [4.78, 5) is 44.4. The van der Waals surface area contributed by atoms with Crippen LogP contribution in [0.3, 0.4) is 0 Å². The summed E-state index contributed by atoms with van der Waals surface area (Å²) >= 11 is 0. The number of amides is 4. The molecule has 8 nitrogen and oxygen atoms in total. The summed E-state index contributed by atoms with van der Waals surface area (Å²) in [5, 5.41) is 0. The molecule has 4 amide bonds. The average Bonchev–Trinajstić information content (AvgIpc) is 3.08. The highest BCUT2D eigenvalue weighted by Crippen LogP contribution is 2.39. The number of likely N-dealkylation sites (N-methyl/N-ethyl adjacent to an activating group) is 1. The first-order valence-electron chi connectivity index (χ1n) is 12.5. The van der Waals surface area contributed by atoms with Crippen LogP contribution in [-0.2, 0) is 9.59 Å². The molecule has 0 N–H and O–H groups in total. The Hall–Kier alpha value is -3.81. The SMILES string of the molecule is CN1C(=O)N(CC(=O)N(CC=Cc2ccccc2)c2ccc3c(c2)OCCO3)C(=O)C12CCCCC2. The molecule has 0 radical (unpaired) electrons. The number of carbonyl (C=O) groups is 3. The summed E-state index contributed by atoms with van der Waals surface area (Å²) in [5.74, 6) is 0.596. The zero-order valence-corrected chi connectivity index (χ0v) is 20.5. The normalized spacial score (nSPS) is 18.8. The first-order chi connectivity index (χ1) is 17.5. The van der Waals surface area contributed by atoms with Crippen LogP contribution in [0.1, 0.15) is 37.7 Å². The van der Waals surface area contributed by atoms with Gasteiger partial charge in [0.05, 0.1) is 0 Å². The molecule has 0 bridgehead atoms. The molecule has 36 heavy (non-hydrogen) atoms. The van der Waals surface area contributed by atoms with E-state index in [9.17, 15) is 14.4 Å². The second kappa shape index (κ2) is 10.0. The summed E-state index contributed by atoms with van der Waals surface area (Å²) in [5.41, 5.74) is 0.810. The van der Waals surface area contributed by atoms with E-state index >= 15 is 0 Å². The quantitative estimate of drug-likeness (QED) is 0.571. The van der Waals surface area contributed by atoms with Crippen molar-refractivity contribution in [2.45, 2.75) is 37.6 Å². The molecular weight excluding hydrogens is 458 g/mol. The monoisotopic (exact) mass is 489 g/mol. The number of hydrogen-bond acceptors (Lipinski definition) is 5. The summed E-state index contributed by atoms with van der Waals surface area (Å²) < 4.78 is 11.3. The van der Waals surface area contributed by atoms with Gasteiger partial charge in [-0.3, -0.25) is 14.5 Å². The number of nitrogens with zero attached hydrogens (tertiary/aromatic N) is 3. The number of imide groups is 1. The second-order valence-electron chi connectivity index (χ2n) is 9.47. The molecule has 5 rings (SSSR count). The third kappa shape index (κ3) is 4.43. The predicted molar refractivity (Wildman–Crippen MR) is 136 cm³/mol. The molecule has 1 spiro atoms. The number of anilines is 1. The van der Waals surface area contributed by atoms with E-state index in [0.717, 1.165) is 29.7 Å². The highest BCUT2D eigenvalue weighted by atomic mass is 16.6. The number of rotatable bonds is 6. The van der Waals surface area contributed by atoms with E-state index in [-0.39, 0.29) is 24.9 Å². The van der Waals surface area contributed by atoms with Crippen LogP contribution < -0.4 is 14.4 Å². The van der Waals surface area contributed by atoms with Crippen LogP contribution in [0.5, 0.6) is 11.5 Å². The standard InChI is InChI=1S/C28H31N3O5/c1-29-27(34)31(26(33)28(29)14-6-3-7-15-28)20-25(32)30(16-8-11-21-9-4-2-5-10-21)22-12-13-23-24(19-22)36-18-17-35-23/h2,4-5,8-13,19H,3,6-7,14-18,20H2,1H3. The lowest BCUT2D eigenvalue weighted by molar-refractivity contribution is -0.136. The van der Waals surface area contributed by atoms with Gasteiger partial charge in [0, 0.05) is 25.3 Å². The molecule has 8 heteroatoms. The van der Waals surface area contributed by atoms with Crippen LogP contribution >= 0.6 is 0 Å². The topological polar surface area (TPSA) is 79.4 Å². The van der Waals surface area contributed by atoms with Gasteiger partial charge in [-0.15, -0.1) is 0 Å². The van der Waals surface area contributed by atoms with E-state index < -0.39 is 11.6 Å². The minimum absolute atomic E-state index is 0.259. The third-order valence-electron chi connectivity index (χ3n) is 7.31. The van der Waals surface area contributed by atoms with Gasteiger partial charge in [-0.05, 0) is 30.5 Å². The first-order valence-corrected chi connectivity index (χ1v) is 12.5. The van der Waals surface area contributed by atoms with E-state index in [0.29, 0.717) is 43.2 Å². The fourth-order valence-electron chi connectivity index (χ4n) is 5.30. The van der Waals surface area contributed by atoms with E-state index in [1.807, 2.05) is 42.5 Å². The minimum Gasteiger partial charge on any atom is -0.486 e. The lowest BCUT2D eigenvalue weighted by Gasteiger charge is -2.35. The number of urea groups is 1. The van der Waals surface area contributed by atoms with Crippen molar-refractivity contribution in [3.8, 4) is 11.5 Å². The van der Waals surface area contributed by atoms with Crippen molar-refractivity contribution in [2.24, 2.45) is 0 Å². The fourth-order valence-corrected chi connectivity index (χ4v) is 5.30. The van der Waals surface area contributed by atoms with Crippen LogP contribution in [0.2, 0.25) is 0 Å². The molecule has 188 valence electrons. The number of hydrogen-bond donors (Lipinski definition) is 0. The van der Waals surface area contributed by atoms with E-state index in [4.69, 9.17) is 9.47 Å². The Bertz CT molecular complexity index is 1170. The molecular formula is C28H31N3O5. The maximum absolute atomic E-state index is 13.6. The number of fused-ring (bicyclic) bond motifs is 1. The van der Waals surface area contributed by atoms with Gasteiger partial charge in [0.1, 0.15) is 25.3 Å². The molecule has 2 aromatic rings. The molecule has 0 unspecified atom stereocenters. The van der Waals surface area contributed by atoms with Gasteiger partial charge in [0.15, 0.2) is 11.5 Å². The maximum atomic E-state index is 13.6. The van der Waals surface area contributed by atoms with Crippen molar-refractivity contribution in [1.82, 2.24) is 9.80 Å². The summed E-state index contributed by atoms with van der Waals surface area (Å²) in [7, 11) is 1.68. The van der Waals surface area contributed by atoms with Crippen LogP contribution in [0.15, 0.2) is 54.6 Å². The Labute approximate surface area is 211 Å². The second-order valence-corrected chi connectivity index (χ2v) is 9.47. The van der Waals surface area contributed by atoms with Gasteiger partial charge in [-0.1, -0.05) is 61.7 Å². The van der Waals surface area contributed by atoms with Crippen molar-refractivity contribution in [3.05, 3.63) is 60.2 Å². The molecule has 1 saturated carbocycles. The largest absolute Gasteiger partial charge is 0.486 e. The average molecular weight is 490 g/mol. The zero-order chi connectivity index (χ0) is 25.1. The van der Waals surface area contributed by atoms with Crippen LogP contribution in [0.25, 0.3) is 6.08 Å². The van der Waals surface area contributed by atoms with Crippen molar-refractivity contribution in [1.29, 1.82) is 0 Å². The van der Waals surface area contributed by atoms with Crippen molar-refractivity contribution in [3.63, 3.8) is 0 Å². The van der Waals surface area contributed by atoms with Crippen molar-refractivity contribution in [2.75, 3.05) is 38.3 Å². The van der Waals surface area contributed by atoms with Crippen molar-refractivity contribution >= 4 is 29.6 Å². The van der Waals surface area contributed by atoms with Crippen LogP contribution in [0, 0.1) is 0 Å². The molecule has 0 aromatic heterocycles. The Morgan fingerprint density at radius 2 is 1.72 bits per heavy atom. The summed E-state index contributed by atoms with van der Waals surface area (Å²) in [6.07, 6.45) is 7.98. The lowest BCUT2D eigenvalue weighted by Crippen LogP contribution is -2.49. The molecule has 2 heterocycles. The van der Waals surface area contributed by atoms with Crippen LogP contribution in [-0.4, -0.2) is 66.5 Å². The number of carbonyl (C=O) groups excluding carboxylic acids is 3. The van der Waals surface area contributed by atoms with E-state index in [1.54, 1.807) is 35.0 Å². The van der Waals surface area contributed by atoms with Gasteiger partial charge in [0.25, 0.3) is 5.91 Å². The fraction of sp³-hybridized carbons (Fsp3) is 0.393. The Morgan fingerprint density at radius 3 is 2.47 bits per heavy atom. The summed E-state index contributed by atoms with van der Waals surface area (Å²) in [6, 6.07) is 14.7. The number of benzene rings is 2. The Morgan fingerprint density at radius 1 is 1.00 bits per heavy atom. The third-order valence-corrected chi connectivity index (χ3v) is 7.31. The lowest BCUT2D eigenvalue weighted by atomic mass is 9.81. The van der Waals surface area contributed by atoms with Gasteiger partial charge < -0.3 is 19.3 Å². The highest BCUT2D eigenvalue weighted by molar-refractivity contribution is 6.10. The predicted octanol–water partition coefficient (Wildman–Crippen LogP) is 4.10. The molecule has 2 aliphatic heterocycles. The van der Waals surface area contributed by atoms with Gasteiger partial charge in [-0.2, -0.15) is 0 Å². The smallest absolute Gasteiger partial charge is 0.327 e. The summed E-state index contributed by atoms with van der Waals surface area (Å²) in [6.45, 7) is 0.870. The first kappa shape index (κ1) is 23.9. The molecule has 1 saturated heterocycles. The molecule has 0 atom stereocenters. The van der Waals surface area contributed by atoms with Gasteiger partial charge >= 0.3 is 6.03 Å². The molecule has 1 aliphatic carbocycles. The highest BCUT2D eigenvalue weighted by Gasteiger charge is 2.56. The van der Waals surface area contributed by atoms with E-state index in [1.165, 1.54) is 0 Å². The van der Waals surface area contributed by atoms with Crippen LogP contribution in [0.4, 0.5) is 10.5 Å². The maximum Gasteiger partial charge on any atom is 0.327 e. The van der Waals surface area contributed by atoms with Gasteiger partial charge in [-0.25, -0.2) is 4.79 Å². The van der Waals surface area contributed by atoms with E-state index in [2.05, 4.69) is 0 Å². The Kier molecular flexibility index (Phi) is 6.67. The minimum atomic E-state index is -0.815. The molecule has 3 aliphatic rings. The van der Waals surface area contributed by atoms with Gasteiger partial charge in [0.2, 0.25) is 5.91 Å².